The molecule has 22 heavy (non-hydrogen) atoms. The van der Waals surface area contributed by atoms with Gasteiger partial charge in [-0.05, 0) is 26.8 Å². The molecule has 4 nitrogen and oxygen atoms in total. The Morgan fingerprint density at radius 2 is 2.18 bits per heavy atom. The fourth-order valence-corrected chi connectivity index (χ4v) is 2.94. The van der Waals surface area contributed by atoms with Crippen molar-refractivity contribution in [1.29, 1.82) is 5.26 Å². The highest BCUT2D eigenvalue weighted by Crippen LogP contribution is 2.29. The second-order valence-electron chi connectivity index (χ2n) is 5.15. The first kappa shape index (κ1) is 16.2. The van der Waals surface area contributed by atoms with Crippen molar-refractivity contribution in [3.8, 4) is 11.8 Å². The standard InChI is InChI=1S/C17H19N3OS/c1-11-5-6-16(21-4)15(7-11)13(3)19-9-14(8-18)17-20-12(2)10-22-17/h5-7,9-10,13-14H,1-4H3/t13-,14?/m1/s1. The van der Waals surface area contributed by atoms with Crippen molar-refractivity contribution < 1.29 is 4.74 Å². The molecule has 0 amide bonds. The quantitative estimate of drug-likeness (QED) is 0.777. The number of aryl methyl sites for hydroxylation is 2. The Morgan fingerprint density at radius 3 is 2.77 bits per heavy atom. The first-order valence-corrected chi connectivity index (χ1v) is 7.92. The number of aromatic nitrogens is 1. The van der Waals surface area contributed by atoms with Crippen LogP contribution in [0.15, 0.2) is 28.6 Å². The summed E-state index contributed by atoms with van der Waals surface area (Å²) in [6, 6.07) is 8.19. The lowest BCUT2D eigenvalue weighted by molar-refractivity contribution is 0.407. The number of ether oxygens (including phenoxy) is 1. The average Bonchev–Trinajstić information content (AvgIpc) is 2.94. The van der Waals surface area contributed by atoms with Gasteiger partial charge in [0.25, 0.3) is 0 Å². The first-order valence-electron chi connectivity index (χ1n) is 7.04. The number of aliphatic imine (C=N–C) groups is 1. The van der Waals surface area contributed by atoms with E-state index in [1.807, 2.05) is 38.3 Å². The van der Waals surface area contributed by atoms with Gasteiger partial charge >= 0.3 is 0 Å². The third kappa shape index (κ3) is 3.71. The average molecular weight is 313 g/mol. The van der Waals surface area contributed by atoms with Crippen LogP contribution >= 0.6 is 11.3 Å². The molecule has 0 radical (unpaired) electrons. The molecule has 0 fully saturated rings. The van der Waals surface area contributed by atoms with E-state index in [2.05, 4.69) is 22.1 Å². The number of hydrogen-bond donors (Lipinski definition) is 0. The lowest BCUT2D eigenvalue weighted by Crippen LogP contribution is -2.01. The molecule has 0 N–H and O–H groups in total. The van der Waals surface area contributed by atoms with E-state index in [0.29, 0.717) is 0 Å². The summed E-state index contributed by atoms with van der Waals surface area (Å²) >= 11 is 1.49. The van der Waals surface area contributed by atoms with E-state index in [9.17, 15) is 5.26 Å². The monoisotopic (exact) mass is 313 g/mol. The van der Waals surface area contributed by atoms with Crippen LogP contribution in [0.2, 0.25) is 0 Å². The molecule has 0 aliphatic heterocycles. The van der Waals surface area contributed by atoms with Crippen LogP contribution in [0.3, 0.4) is 0 Å². The molecular weight excluding hydrogens is 294 g/mol. The van der Waals surface area contributed by atoms with E-state index < -0.39 is 5.92 Å². The molecule has 0 saturated heterocycles. The molecule has 1 heterocycles. The van der Waals surface area contributed by atoms with E-state index in [0.717, 1.165) is 27.6 Å². The summed E-state index contributed by atoms with van der Waals surface area (Å²) in [5.41, 5.74) is 3.11. The number of benzene rings is 1. The molecule has 0 aliphatic carbocycles. The van der Waals surface area contributed by atoms with Crippen LogP contribution in [-0.2, 0) is 0 Å². The van der Waals surface area contributed by atoms with Crippen molar-refractivity contribution in [1.82, 2.24) is 4.98 Å². The zero-order valence-corrected chi connectivity index (χ0v) is 14.0. The van der Waals surface area contributed by atoms with E-state index in [1.54, 1.807) is 13.3 Å². The topological polar surface area (TPSA) is 58.3 Å². The number of methoxy groups -OCH3 is 1. The van der Waals surface area contributed by atoms with Crippen molar-refractivity contribution >= 4 is 17.6 Å². The van der Waals surface area contributed by atoms with E-state index >= 15 is 0 Å². The minimum Gasteiger partial charge on any atom is -0.496 e. The number of nitriles is 1. The molecule has 2 aromatic rings. The van der Waals surface area contributed by atoms with Crippen LogP contribution in [0.4, 0.5) is 0 Å². The normalized spacial score (nSPS) is 13.8. The smallest absolute Gasteiger partial charge is 0.133 e. The summed E-state index contributed by atoms with van der Waals surface area (Å²) in [5, 5.41) is 12.0. The number of thiazole rings is 1. The summed E-state index contributed by atoms with van der Waals surface area (Å²) in [5.74, 6) is 0.408. The van der Waals surface area contributed by atoms with Crippen LogP contribution in [-0.4, -0.2) is 18.3 Å². The van der Waals surface area contributed by atoms with Crippen LogP contribution in [0, 0.1) is 25.2 Å². The molecule has 2 atom stereocenters. The molecule has 0 saturated carbocycles. The van der Waals surface area contributed by atoms with E-state index in [4.69, 9.17) is 4.74 Å². The minimum absolute atomic E-state index is 0.0771. The first-order chi connectivity index (χ1) is 10.5. The second kappa shape index (κ2) is 7.19. The maximum Gasteiger partial charge on any atom is 0.133 e. The van der Waals surface area contributed by atoms with Crippen molar-refractivity contribution in [2.24, 2.45) is 4.99 Å². The highest BCUT2D eigenvalue weighted by Gasteiger charge is 2.14. The highest BCUT2D eigenvalue weighted by molar-refractivity contribution is 7.09. The molecular formula is C17H19N3OS. The summed E-state index contributed by atoms with van der Waals surface area (Å²) in [7, 11) is 1.65. The van der Waals surface area contributed by atoms with Crippen molar-refractivity contribution in [2.75, 3.05) is 7.11 Å². The zero-order valence-electron chi connectivity index (χ0n) is 13.2. The Labute approximate surface area is 135 Å². The van der Waals surface area contributed by atoms with E-state index in [1.165, 1.54) is 11.3 Å². The zero-order chi connectivity index (χ0) is 16.1. The van der Waals surface area contributed by atoms with Gasteiger partial charge in [-0.2, -0.15) is 5.26 Å². The minimum atomic E-state index is -0.406. The fraction of sp³-hybridized carbons (Fsp3) is 0.353. The Hall–Kier alpha value is -2.19. The van der Waals surface area contributed by atoms with Crippen LogP contribution in [0.1, 0.15) is 40.7 Å². The predicted molar refractivity (Wildman–Crippen MR) is 89.8 cm³/mol. The van der Waals surface area contributed by atoms with Crippen molar-refractivity contribution in [2.45, 2.75) is 32.7 Å². The molecule has 1 aromatic heterocycles. The largest absolute Gasteiger partial charge is 0.496 e. The van der Waals surface area contributed by atoms with Crippen LogP contribution in [0.25, 0.3) is 0 Å². The van der Waals surface area contributed by atoms with Crippen molar-refractivity contribution in [3.63, 3.8) is 0 Å². The Balaban J connectivity index is 2.22. The van der Waals surface area contributed by atoms with Gasteiger partial charge in [-0.25, -0.2) is 4.98 Å². The molecule has 0 bridgehead atoms. The SMILES string of the molecule is COc1ccc(C)cc1[C@@H](C)N=CC(C#N)c1nc(C)cs1. The Morgan fingerprint density at radius 1 is 1.41 bits per heavy atom. The van der Waals surface area contributed by atoms with Gasteiger partial charge in [0.05, 0.1) is 19.2 Å². The Kier molecular flexibility index (Phi) is 5.29. The van der Waals surface area contributed by atoms with Crippen molar-refractivity contribution in [3.05, 3.63) is 45.4 Å². The number of hydrogen-bond acceptors (Lipinski definition) is 5. The summed E-state index contributed by atoms with van der Waals surface area (Å²) < 4.78 is 5.39. The Bertz CT molecular complexity index is 715. The van der Waals surface area contributed by atoms with Crippen LogP contribution in [0.5, 0.6) is 5.75 Å². The molecule has 5 heteroatoms. The number of rotatable bonds is 5. The second-order valence-corrected chi connectivity index (χ2v) is 6.04. The predicted octanol–water partition coefficient (Wildman–Crippen LogP) is 4.21. The molecule has 2 rings (SSSR count). The number of nitrogens with zero attached hydrogens (tertiary/aromatic N) is 3. The van der Waals surface area contributed by atoms with Gasteiger partial charge in [0.2, 0.25) is 0 Å². The van der Waals surface area contributed by atoms with Crippen LogP contribution < -0.4 is 4.74 Å². The third-order valence-corrected chi connectivity index (χ3v) is 4.38. The summed E-state index contributed by atoms with van der Waals surface area (Å²) in [4.78, 5) is 8.90. The molecule has 1 unspecified atom stereocenters. The maximum atomic E-state index is 9.32. The van der Waals surface area contributed by atoms with Gasteiger partial charge in [0.1, 0.15) is 16.7 Å². The molecule has 1 aromatic carbocycles. The van der Waals surface area contributed by atoms with Gasteiger partial charge in [-0.15, -0.1) is 11.3 Å². The molecule has 0 aliphatic rings. The third-order valence-electron chi connectivity index (χ3n) is 3.34. The van der Waals surface area contributed by atoms with Gasteiger partial charge in [0.15, 0.2) is 0 Å². The van der Waals surface area contributed by atoms with Gasteiger partial charge in [-0.1, -0.05) is 17.7 Å². The maximum absolute atomic E-state index is 9.32. The summed E-state index contributed by atoms with van der Waals surface area (Å²) in [6.45, 7) is 5.96. The lowest BCUT2D eigenvalue weighted by Gasteiger charge is -2.13. The van der Waals surface area contributed by atoms with Gasteiger partial charge < -0.3 is 4.74 Å². The molecule has 0 spiro atoms. The van der Waals surface area contributed by atoms with Gasteiger partial charge in [0, 0.05) is 22.9 Å². The highest BCUT2D eigenvalue weighted by atomic mass is 32.1. The molecule has 114 valence electrons. The van der Waals surface area contributed by atoms with Gasteiger partial charge in [-0.3, -0.25) is 4.99 Å². The van der Waals surface area contributed by atoms with E-state index in [-0.39, 0.29) is 6.04 Å². The summed E-state index contributed by atoms with van der Waals surface area (Å²) in [6.07, 6.45) is 1.69. The lowest BCUT2D eigenvalue weighted by atomic mass is 10.0. The fourth-order valence-electron chi connectivity index (χ4n) is 2.14.